The molecule has 2 aromatic rings. The lowest BCUT2D eigenvalue weighted by molar-refractivity contribution is 0.250. The number of fused-ring (bicyclic) bond motifs is 1. The molecule has 0 spiro atoms. The lowest BCUT2D eigenvalue weighted by Crippen LogP contribution is -2.38. The van der Waals surface area contributed by atoms with Crippen LogP contribution in [-0.2, 0) is 19.3 Å². The standard InChI is InChI=1S/C19H23NO/c1-21-18-9-5-4-8-17(18)13-19(14-20)11-10-15-6-2-3-7-16(15)12-19/h2-9H,10-14,20H2,1H3. The maximum absolute atomic E-state index is 6.19. The predicted molar refractivity (Wildman–Crippen MR) is 86.7 cm³/mol. The summed E-state index contributed by atoms with van der Waals surface area (Å²) in [4.78, 5) is 0. The summed E-state index contributed by atoms with van der Waals surface area (Å²) in [5.74, 6) is 0.976. The molecule has 0 saturated carbocycles. The Morgan fingerprint density at radius 3 is 2.52 bits per heavy atom. The second-order valence-electron chi connectivity index (χ2n) is 6.14. The van der Waals surface area contributed by atoms with Crippen molar-refractivity contribution < 1.29 is 4.74 Å². The van der Waals surface area contributed by atoms with Crippen molar-refractivity contribution in [2.75, 3.05) is 13.7 Å². The molecule has 0 bridgehead atoms. The van der Waals surface area contributed by atoms with E-state index in [9.17, 15) is 0 Å². The minimum atomic E-state index is 0.156. The fraction of sp³-hybridized carbons (Fsp3) is 0.368. The molecule has 0 aromatic heterocycles. The maximum Gasteiger partial charge on any atom is 0.122 e. The number of hydrogen-bond donors (Lipinski definition) is 1. The molecular weight excluding hydrogens is 258 g/mol. The molecule has 0 radical (unpaired) electrons. The van der Waals surface area contributed by atoms with Gasteiger partial charge in [0.25, 0.3) is 0 Å². The zero-order valence-corrected chi connectivity index (χ0v) is 12.6. The van der Waals surface area contributed by atoms with Crippen molar-refractivity contribution in [1.29, 1.82) is 0 Å². The molecule has 0 saturated heterocycles. The molecule has 0 heterocycles. The first-order valence-corrected chi connectivity index (χ1v) is 7.65. The summed E-state index contributed by atoms with van der Waals surface area (Å²) in [6, 6.07) is 17.1. The molecule has 110 valence electrons. The molecule has 0 aliphatic heterocycles. The van der Waals surface area contributed by atoms with E-state index >= 15 is 0 Å². The van der Waals surface area contributed by atoms with E-state index in [0.29, 0.717) is 0 Å². The van der Waals surface area contributed by atoms with Crippen molar-refractivity contribution in [1.82, 2.24) is 0 Å². The van der Waals surface area contributed by atoms with Gasteiger partial charge in [0.15, 0.2) is 0 Å². The Morgan fingerprint density at radius 2 is 1.76 bits per heavy atom. The molecule has 2 heteroatoms. The normalized spacial score (nSPS) is 20.9. The molecule has 1 unspecified atom stereocenters. The van der Waals surface area contributed by atoms with Gasteiger partial charge < -0.3 is 10.5 Å². The van der Waals surface area contributed by atoms with Crippen LogP contribution >= 0.6 is 0 Å². The highest BCUT2D eigenvalue weighted by atomic mass is 16.5. The first kappa shape index (κ1) is 14.2. The number of para-hydroxylation sites is 1. The smallest absolute Gasteiger partial charge is 0.122 e. The number of methoxy groups -OCH3 is 1. The van der Waals surface area contributed by atoms with Crippen molar-refractivity contribution in [3.63, 3.8) is 0 Å². The summed E-state index contributed by atoms with van der Waals surface area (Å²) < 4.78 is 5.51. The topological polar surface area (TPSA) is 35.2 Å². The number of benzene rings is 2. The van der Waals surface area contributed by atoms with Crippen molar-refractivity contribution >= 4 is 0 Å². The van der Waals surface area contributed by atoms with E-state index in [1.54, 1.807) is 7.11 Å². The van der Waals surface area contributed by atoms with Crippen LogP contribution < -0.4 is 10.5 Å². The zero-order valence-electron chi connectivity index (χ0n) is 12.6. The largest absolute Gasteiger partial charge is 0.496 e. The Hall–Kier alpha value is -1.80. The molecule has 1 aliphatic carbocycles. The Labute approximate surface area is 126 Å². The fourth-order valence-corrected chi connectivity index (χ4v) is 3.52. The van der Waals surface area contributed by atoms with Crippen molar-refractivity contribution in [3.05, 3.63) is 65.2 Å². The molecule has 1 atom stereocenters. The maximum atomic E-state index is 6.19. The van der Waals surface area contributed by atoms with Crippen molar-refractivity contribution in [2.24, 2.45) is 11.1 Å². The van der Waals surface area contributed by atoms with Crippen LogP contribution in [0.15, 0.2) is 48.5 Å². The SMILES string of the molecule is COc1ccccc1CC1(CN)CCc2ccccc2C1. The summed E-state index contributed by atoms with van der Waals surface area (Å²) >= 11 is 0. The van der Waals surface area contributed by atoms with Gasteiger partial charge in [0, 0.05) is 0 Å². The lowest BCUT2D eigenvalue weighted by Gasteiger charge is -2.38. The van der Waals surface area contributed by atoms with Crippen molar-refractivity contribution in [2.45, 2.75) is 25.7 Å². The third kappa shape index (κ3) is 2.81. The minimum Gasteiger partial charge on any atom is -0.496 e. The van der Waals surface area contributed by atoms with Gasteiger partial charge in [-0.1, -0.05) is 42.5 Å². The molecule has 21 heavy (non-hydrogen) atoms. The van der Waals surface area contributed by atoms with Gasteiger partial charge in [-0.05, 0) is 60.4 Å². The highest BCUT2D eigenvalue weighted by molar-refractivity contribution is 5.36. The molecule has 2 aromatic carbocycles. The van der Waals surface area contributed by atoms with E-state index in [0.717, 1.165) is 38.0 Å². The van der Waals surface area contributed by atoms with Gasteiger partial charge in [-0.15, -0.1) is 0 Å². The summed E-state index contributed by atoms with van der Waals surface area (Å²) in [6.45, 7) is 0.722. The fourth-order valence-electron chi connectivity index (χ4n) is 3.52. The van der Waals surface area contributed by atoms with E-state index in [1.165, 1.54) is 16.7 Å². The van der Waals surface area contributed by atoms with E-state index < -0.39 is 0 Å². The monoisotopic (exact) mass is 281 g/mol. The summed E-state index contributed by atoms with van der Waals surface area (Å²) in [7, 11) is 1.74. The number of aryl methyl sites for hydroxylation is 1. The quantitative estimate of drug-likeness (QED) is 0.932. The Kier molecular flexibility index (Phi) is 3.98. The number of rotatable bonds is 4. The molecule has 3 rings (SSSR count). The Morgan fingerprint density at radius 1 is 1.05 bits per heavy atom. The molecule has 2 nitrogen and oxygen atoms in total. The van der Waals surface area contributed by atoms with Crippen LogP contribution in [0.1, 0.15) is 23.1 Å². The first-order valence-electron chi connectivity index (χ1n) is 7.65. The van der Waals surface area contributed by atoms with Crippen molar-refractivity contribution in [3.8, 4) is 5.75 Å². The van der Waals surface area contributed by atoms with Crippen LogP contribution in [0.2, 0.25) is 0 Å². The second-order valence-corrected chi connectivity index (χ2v) is 6.14. The number of hydrogen-bond acceptors (Lipinski definition) is 2. The summed E-state index contributed by atoms with van der Waals surface area (Å²) in [5, 5.41) is 0. The minimum absolute atomic E-state index is 0.156. The average Bonchev–Trinajstić information content (AvgIpc) is 2.55. The van der Waals surface area contributed by atoms with E-state index in [4.69, 9.17) is 10.5 Å². The first-order chi connectivity index (χ1) is 10.3. The predicted octanol–water partition coefficient (Wildman–Crippen LogP) is 3.37. The third-order valence-corrected chi connectivity index (χ3v) is 4.80. The van der Waals surface area contributed by atoms with Crippen LogP contribution in [0.25, 0.3) is 0 Å². The zero-order chi connectivity index (χ0) is 14.7. The van der Waals surface area contributed by atoms with Crippen LogP contribution in [-0.4, -0.2) is 13.7 Å². The van der Waals surface area contributed by atoms with E-state index in [2.05, 4.69) is 36.4 Å². The van der Waals surface area contributed by atoms with Crippen LogP contribution in [0.5, 0.6) is 5.75 Å². The average molecular weight is 281 g/mol. The highest BCUT2D eigenvalue weighted by Gasteiger charge is 2.33. The molecule has 0 fully saturated rings. The molecule has 1 aliphatic rings. The van der Waals surface area contributed by atoms with Gasteiger partial charge in [0.05, 0.1) is 7.11 Å². The van der Waals surface area contributed by atoms with Gasteiger partial charge in [-0.2, -0.15) is 0 Å². The van der Waals surface area contributed by atoms with Crippen LogP contribution in [0.4, 0.5) is 0 Å². The lowest BCUT2D eigenvalue weighted by atomic mass is 9.68. The second kappa shape index (κ2) is 5.90. The highest BCUT2D eigenvalue weighted by Crippen LogP contribution is 2.39. The molecule has 0 amide bonds. The van der Waals surface area contributed by atoms with Gasteiger partial charge in [-0.3, -0.25) is 0 Å². The summed E-state index contributed by atoms with van der Waals surface area (Å²) in [5.41, 5.74) is 10.6. The Bertz CT molecular complexity index is 622. The number of ether oxygens (including phenoxy) is 1. The molecular formula is C19H23NO. The molecule has 2 N–H and O–H groups in total. The summed E-state index contributed by atoms with van der Waals surface area (Å²) in [6.07, 6.45) is 4.33. The van der Waals surface area contributed by atoms with E-state index in [-0.39, 0.29) is 5.41 Å². The third-order valence-electron chi connectivity index (χ3n) is 4.80. The Balaban J connectivity index is 1.89. The number of nitrogens with two attached hydrogens (primary N) is 1. The van der Waals surface area contributed by atoms with Gasteiger partial charge >= 0.3 is 0 Å². The van der Waals surface area contributed by atoms with Gasteiger partial charge in [-0.25, -0.2) is 0 Å². The van der Waals surface area contributed by atoms with Crippen LogP contribution in [0, 0.1) is 5.41 Å². The van der Waals surface area contributed by atoms with Gasteiger partial charge in [0.1, 0.15) is 5.75 Å². The van der Waals surface area contributed by atoms with E-state index in [1.807, 2.05) is 12.1 Å². The van der Waals surface area contributed by atoms with Crippen LogP contribution in [0.3, 0.4) is 0 Å². The van der Waals surface area contributed by atoms with Gasteiger partial charge in [0.2, 0.25) is 0 Å².